The predicted octanol–water partition coefficient (Wildman–Crippen LogP) is 3.59. The van der Waals surface area contributed by atoms with E-state index in [2.05, 4.69) is 24.8 Å². The maximum Gasteiger partial charge on any atom is 0.123 e. The molecular formula is C17H19FN2. The largest absolute Gasteiger partial charge is 0.398 e. The summed E-state index contributed by atoms with van der Waals surface area (Å²) in [4.78, 5) is 2.35. The van der Waals surface area contributed by atoms with Gasteiger partial charge in [-0.05, 0) is 60.7 Å². The molecule has 2 nitrogen and oxygen atoms in total. The Bertz CT molecular complexity index is 647. The van der Waals surface area contributed by atoms with Gasteiger partial charge in [-0.15, -0.1) is 0 Å². The SMILES string of the molecule is Cc1cc2c(c(C)c1N)CCN2Cc1ccc(F)cc1. The third-order valence-corrected chi connectivity index (χ3v) is 4.20. The quantitative estimate of drug-likeness (QED) is 0.845. The summed E-state index contributed by atoms with van der Waals surface area (Å²) in [5.74, 6) is -0.185. The summed E-state index contributed by atoms with van der Waals surface area (Å²) < 4.78 is 13.0. The molecule has 0 fully saturated rings. The van der Waals surface area contributed by atoms with Crippen LogP contribution in [0.3, 0.4) is 0 Å². The minimum absolute atomic E-state index is 0.185. The molecule has 0 unspecified atom stereocenters. The van der Waals surface area contributed by atoms with Gasteiger partial charge in [-0.2, -0.15) is 0 Å². The summed E-state index contributed by atoms with van der Waals surface area (Å²) in [5, 5.41) is 0. The second-order valence-electron chi connectivity index (χ2n) is 5.53. The van der Waals surface area contributed by atoms with Crippen molar-refractivity contribution in [1.29, 1.82) is 0 Å². The predicted molar refractivity (Wildman–Crippen MR) is 81.5 cm³/mol. The molecule has 1 heterocycles. The van der Waals surface area contributed by atoms with E-state index in [1.54, 1.807) is 0 Å². The summed E-state index contributed by atoms with van der Waals surface area (Å²) >= 11 is 0. The van der Waals surface area contributed by atoms with Gasteiger partial charge < -0.3 is 10.6 Å². The fourth-order valence-corrected chi connectivity index (χ4v) is 2.96. The average molecular weight is 270 g/mol. The zero-order valence-electron chi connectivity index (χ0n) is 11.9. The minimum Gasteiger partial charge on any atom is -0.398 e. The number of hydrogen-bond acceptors (Lipinski definition) is 2. The number of nitrogens with zero attached hydrogens (tertiary/aromatic N) is 1. The van der Waals surface area contributed by atoms with E-state index in [1.165, 1.54) is 28.9 Å². The normalized spacial score (nSPS) is 13.7. The zero-order valence-corrected chi connectivity index (χ0v) is 11.9. The molecule has 0 saturated heterocycles. The molecule has 104 valence electrons. The second-order valence-corrected chi connectivity index (χ2v) is 5.53. The van der Waals surface area contributed by atoms with Crippen molar-refractivity contribution < 1.29 is 4.39 Å². The summed E-state index contributed by atoms with van der Waals surface area (Å²) in [6.07, 6.45) is 1.03. The van der Waals surface area contributed by atoms with E-state index < -0.39 is 0 Å². The standard InChI is InChI=1S/C17H19FN2/c1-11-9-16-15(12(2)17(11)19)7-8-20(16)10-13-3-5-14(18)6-4-13/h3-6,9H,7-8,10,19H2,1-2H3. The molecule has 0 spiro atoms. The first-order chi connectivity index (χ1) is 9.56. The van der Waals surface area contributed by atoms with Crippen LogP contribution in [0.5, 0.6) is 0 Å². The van der Waals surface area contributed by atoms with Crippen molar-refractivity contribution in [2.45, 2.75) is 26.8 Å². The van der Waals surface area contributed by atoms with Crippen molar-refractivity contribution in [2.75, 3.05) is 17.2 Å². The lowest BCUT2D eigenvalue weighted by molar-refractivity contribution is 0.626. The Balaban J connectivity index is 1.91. The van der Waals surface area contributed by atoms with Crippen LogP contribution in [0.1, 0.15) is 22.3 Å². The molecule has 0 radical (unpaired) electrons. The van der Waals surface area contributed by atoms with Gasteiger partial charge in [0.25, 0.3) is 0 Å². The van der Waals surface area contributed by atoms with E-state index in [4.69, 9.17) is 5.73 Å². The molecule has 0 saturated carbocycles. The number of nitrogen functional groups attached to an aromatic ring is 1. The van der Waals surface area contributed by atoms with E-state index in [9.17, 15) is 4.39 Å². The van der Waals surface area contributed by atoms with Crippen molar-refractivity contribution in [2.24, 2.45) is 0 Å². The van der Waals surface area contributed by atoms with Gasteiger partial charge in [0, 0.05) is 24.5 Å². The van der Waals surface area contributed by atoms with Crippen LogP contribution >= 0.6 is 0 Å². The molecule has 3 rings (SSSR count). The molecule has 1 aliphatic heterocycles. The first kappa shape index (κ1) is 13.0. The number of rotatable bonds is 2. The lowest BCUT2D eigenvalue weighted by Crippen LogP contribution is -2.19. The highest BCUT2D eigenvalue weighted by Gasteiger charge is 2.22. The van der Waals surface area contributed by atoms with Crippen LogP contribution in [0, 0.1) is 19.7 Å². The first-order valence-corrected chi connectivity index (χ1v) is 6.94. The highest BCUT2D eigenvalue weighted by atomic mass is 19.1. The van der Waals surface area contributed by atoms with Crippen LogP contribution in [0.15, 0.2) is 30.3 Å². The fraction of sp³-hybridized carbons (Fsp3) is 0.294. The Morgan fingerprint density at radius 2 is 1.90 bits per heavy atom. The molecule has 2 N–H and O–H groups in total. The van der Waals surface area contributed by atoms with Gasteiger partial charge in [0.1, 0.15) is 5.82 Å². The molecular weight excluding hydrogens is 251 g/mol. The highest BCUT2D eigenvalue weighted by Crippen LogP contribution is 2.36. The number of benzene rings is 2. The molecule has 0 bridgehead atoms. The van der Waals surface area contributed by atoms with Gasteiger partial charge in [0.05, 0.1) is 0 Å². The molecule has 20 heavy (non-hydrogen) atoms. The number of hydrogen-bond donors (Lipinski definition) is 1. The number of aryl methyl sites for hydroxylation is 1. The Hall–Kier alpha value is -2.03. The second kappa shape index (κ2) is 4.82. The van der Waals surface area contributed by atoms with Crippen molar-refractivity contribution in [3.8, 4) is 0 Å². The van der Waals surface area contributed by atoms with Crippen LogP contribution in [0.2, 0.25) is 0 Å². The van der Waals surface area contributed by atoms with Crippen molar-refractivity contribution >= 4 is 11.4 Å². The monoisotopic (exact) mass is 270 g/mol. The fourth-order valence-electron chi connectivity index (χ4n) is 2.96. The molecule has 0 amide bonds. The summed E-state index contributed by atoms with van der Waals surface area (Å²) in [6, 6.07) is 8.92. The number of anilines is 2. The van der Waals surface area contributed by atoms with Crippen molar-refractivity contribution in [1.82, 2.24) is 0 Å². The smallest absolute Gasteiger partial charge is 0.123 e. The number of nitrogens with two attached hydrogens (primary N) is 1. The molecule has 2 aromatic rings. The van der Waals surface area contributed by atoms with Crippen LogP contribution < -0.4 is 10.6 Å². The average Bonchev–Trinajstić information content (AvgIpc) is 2.82. The first-order valence-electron chi connectivity index (χ1n) is 6.94. The van der Waals surface area contributed by atoms with Gasteiger partial charge in [0.15, 0.2) is 0 Å². The third-order valence-electron chi connectivity index (χ3n) is 4.20. The van der Waals surface area contributed by atoms with Gasteiger partial charge in [0.2, 0.25) is 0 Å². The minimum atomic E-state index is -0.185. The van der Waals surface area contributed by atoms with Crippen LogP contribution in [0.25, 0.3) is 0 Å². The summed E-state index contributed by atoms with van der Waals surface area (Å²) in [6.45, 7) is 5.96. The maximum atomic E-state index is 13.0. The topological polar surface area (TPSA) is 29.3 Å². The molecule has 0 aliphatic carbocycles. The van der Waals surface area contributed by atoms with Crippen LogP contribution in [0.4, 0.5) is 15.8 Å². The van der Waals surface area contributed by atoms with Crippen molar-refractivity contribution in [3.05, 3.63) is 58.4 Å². The third kappa shape index (κ3) is 2.13. The molecule has 0 atom stereocenters. The maximum absolute atomic E-state index is 13.0. The van der Waals surface area contributed by atoms with Gasteiger partial charge >= 0.3 is 0 Å². The molecule has 3 heteroatoms. The van der Waals surface area contributed by atoms with E-state index in [0.29, 0.717) is 0 Å². The molecule has 0 aromatic heterocycles. The lowest BCUT2D eigenvalue weighted by Gasteiger charge is -2.21. The Morgan fingerprint density at radius 3 is 2.60 bits per heavy atom. The van der Waals surface area contributed by atoms with E-state index in [1.807, 2.05) is 12.1 Å². The molecule has 1 aliphatic rings. The summed E-state index contributed by atoms with van der Waals surface area (Å²) in [7, 11) is 0. The van der Waals surface area contributed by atoms with Gasteiger partial charge in [-0.25, -0.2) is 4.39 Å². The molecule has 2 aromatic carbocycles. The van der Waals surface area contributed by atoms with Crippen molar-refractivity contribution in [3.63, 3.8) is 0 Å². The van der Waals surface area contributed by atoms with Crippen LogP contribution in [-0.4, -0.2) is 6.54 Å². The number of fused-ring (bicyclic) bond motifs is 1. The van der Waals surface area contributed by atoms with E-state index in [0.717, 1.165) is 36.3 Å². The number of halogens is 1. The Kier molecular flexibility index (Phi) is 3.13. The van der Waals surface area contributed by atoms with E-state index in [-0.39, 0.29) is 5.82 Å². The lowest BCUT2D eigenvalue weighted by atomic mass is 10.0. The Morgan fingerprint density at radius 1 is 1.20 bits per heavy atom. The van der Waals surface area contributed by atoms with E-state index >= 15 is 0 Å². The van der Waals surface area contributed by atoms with Crippen LogP contribution in [-0.2, 0) is 13.0 Å². The zero-order chi connectivity index (χ0) is 14.3. The highest BCUT2D eigenvalue weighted by molar-refractivity contribution is 5.70. The Labute approximate surface area is 119 Å². The van der Waals surface area contributed by atoms with Gasteiger partial charge in [-0.1, -0.05) is 12.1 Å². The summed E-state index contributed by atoms with van der Waals surface area (Å²) in [5.41, 5.74) is 13.1. The van der Waals surface area contributed by atoms with Gasteiger partial charge in [-0.3, -0.25) is 0 Å².